The maximum Gasteiger partial charge on any atom is 0.481 e. The summed E-state index contributed by atoms with van der Waals surface area (Å²) in [5.41, 5.74) is 3.82. The average Bonchev–Trinajstić information content (AvgIpc) is 3.66. The number of nitrogens with zero attached hydrogens (tertiary/aromatic N) is 4. The van der Waals surface area contributed by atoms with Crippen LogP contribution in [0.15, 0.2) is 12.7 Å². The average molecular weight is 1220 g/mol. The number of fused-ring (bicyclic) bond motifs is 6. The van der Waals surface area contributed by atoms with Gasteiger partial charge in [-0.05, 0) is 104 Å². The minimum Gasteiger partial charge on any atom is -0.393 e. The zero-order valence-electron chi connectivity index (χ0n) is 45.6. The van der Waals surface area contributed by atoms with E-state index in [0.717, 1.165) is 54.7 Å². The summed E-state index contributed by atoms with van der Waals surface area (Å²) in [5.74, 6) is -1.01. The molecule has 80 heavy (non-hydrogen) atoms. The fraction of sp³-hybridized carbons (Fsp3) is 0.833. The van der Waals surface area contributed by atoms with Crippen LogP contribution in [0.2, 0.25) is 0 Å². The number of thioether (sulfide) groups is 1. The Balaban J connectivity index is 0.780. The normalized spacial score (nSPS) is 34.7. The van der Waals surface area contributed by atoms with Crippen LogP contribution in [-0.2, 0) is 50.7 Å². The second-order valence-electron chi connectivity index (χ2n) is 23.7. The first-order chi connectivity index (χ1) is 37.2. The number of nitrogen functional groups attached to an aromatic ring is 1. The van der Waals surface area contributed by atoms with Gasteiger partial charge in [-0.3, -0.25) is 32.5 Å². The van der Waals surface area contributed by atoms with Gasteiger partial charge in [-0.15, -0.1) is 0 Å². The number of aromatic nitrogens is 4. The van der Waals surface area contributed by atoms with Crippen LogP contribution in [0, 0.1) is 57.7 Å². The number of phosphoric ester groups is 3. The molecule has 5 aliphatic rings. The Labute approximate surface area is 467 Å². The van der Waals surface area contributed by atoms with Crippen molar-refractivity contribution < 1.29 is 101 Å². The molecule has 0 radical (unpaired) electrons. The number of nitrogens with two attached hydrogens (primary N) is 1. The van der Waals surface area contributed by atoms with Gasteiger partial charge in [0.2, 0.25) is 11.8 Å². The van der Waals surface area contributed by atoms with Gasteiger partial charge in [-0.2, -0.15) is 4.31 Å². The van der Waals surface area contributed by atoms with Crippen molar-refractivity contribution in [3.05, 3.63) is 12.7 Å². The van der Waals surface area contributed by atoms with Gasteiger partial charge >= 0.3 is 23.5 Å². The Morgan fingerprint density at radius 1 is 0.925 bits per heavy atom. The Morgan fingerprint density at radius 2 is 1.62 bits per heavy atom. The van der Waals surface area contributed by atoms with E-state index in [4.69, 9.17) is 19.5 Å². The van der Waals surface area contributed by atoms with Gasteiger partial charge in [-0.1, -0.05) is 53.3 Å². The fourth-order valence-corrected chi connectivity index (χ4v) is 17.2. The minimum absolute atomic E-state index is 0.0198. The van der Waals surface area contributed by atoms with E-state index in [0.29, 0.717) is 32.1 Å². The Hall–Kier alpha value is -2.60. The molecule has 454 valence electrons. The third-order valence-corrected chi connectivity index (χ3v) is 22.3. The van der Waals surface area contributed by atoms with Crippen molar-refractivity contribution in [1.29, 1.82) is 0 Å². The molecular weight excluding hydrogens is 1140 g/mol. The number of amides is 2. The van der Waals surface area contributed by atoms with E-state index in [1.54, 1.807) is 6.92 Å². The van der Waals surface area contributed by atoms with E-state index in [-0.39, 0.29) is 99.8 Å². The first-order valence-corrected chi connectivity index (χ1v) is 32.5. The number of anilines is 1. The number of imidazole rings is 1. The molecule has 4 aliphatic carbocycles. The fourth-order valence-electron chi connectivity index (χ4n) is 13.6. The van der Waals surface area contributed by atoms with E-state index < -0.39 is 109 Å². The number of ether oxygens (including phenoxy) is 1. The van der Waals surface area contributed by atoms with Crippen molar-refractivity contribution in [1.82, 2.24) is 30.2 Å². The zero-order valence-corrected chi connectivity index (χ0v) is 49.1. The summed E-state index contributed by atoms with van der Waals surface area (Å²) in [7, 11) is -16.5. The monoisotopic (exact) mass is 1220 g/mol. The van der Waals surface area contributed by atoms with Gasteiger partial charge < -0.3 is 71.3 Å². The maximum atomic E-state index is 13.1. The topological polar surface area (TPSA) is 445 Å². The van der Waals surface area contributed by atoms with Crippen molar-refractivity contribution in [2.75, 3.05) is 37.8 Å². The summed E-state index contributed by atoms with van der Waals surface area (Å²) in [6.45, 7) is 8.57. The van der Waals surface area contributed by atoms with Crippen molar-refractivity contribution >= 4 is 69.1 Å². The first-order valence-electron chi connectivity index (χ1n) is 27.0. The molecule has 7 rings (SSSR count). The molecule has 5 fully saturated rings. The van der Waals surface area contributed by atoms with Crippen LogP contribution in [0.25, 0.3) is 11.2 Å². The van der Waals surface area contributed by atoms with Gasteiger partial charge in [-0.25, -0.2) is 28.6 Å². The minimum atomic E-state index is -5.62. The van der Waals surface area contributed by atoms with Crippen LogP contribution < -0.4 is 16.4 Å². The molecule has 0 aromatic carbocycles. The Bertz CT molecular complexity index is 2670. The molecule has 2 amide bonds. The molecule has 0 bridgehead atoms. The largest absolute Gasteiger partial charge is 0.481 e. The van der Waals surface area contributed by atoms with Crippen LogP contribution >= 0.6 is 35.2 Å². The molecule has 12 unspecified atom stereocenters. The number of carbonyl (C=O) groups excluding carboxylic acids is 3. The lowest BCUT2D eigenvalue weighted by Crippen LogP contribution is -2.62. The summed E-state index contributed by atoms with van der Waals surface area (Å²) in [6.07, 6.45) is -2.81. The summed E-state index contributed by atoms with van der Waals surface area (Å²) in [4.78, 5) is 89.9. The smallest absolute Gasteiger partial charge is 0.393 e. The summed E-state index contributed by atoms with van der Waals surface area (Å²) < 4.78 is 62.8. The second kappa shape index (κ2) is 25.5. The van der Waals surface area contributed by atoms with Crippen LogP contribution in [0.5, 0.6) is 0 Å². The van der Waals surface area contributed by atoms with Gasteiger partial charge in [0.25, 0.3) is 0 Å². The molecule has 1 saturated heterocycles. The number of phosphoric acid groups is 3. The third-order valence-electron chi connectivity index (χ3n) is 18.1. The van der Waals surface area contributed by atoms with E-state index in [9.17, 15) is 78.3 Å². The lowest BCUT2D eigenvalue weighted by Gasteiger charge is -2.63. The molecule has 4 saturated carbocycles. The van der Waals surface area contributed by atoms with E-state index in [1.807, 2.05) is 0 Å². The highest BCUT2D eigenvalue weighted by atomic mass is 32.2. The molecule has 3 heterocycles. The Morgan fingerprint density at radius 3 is 2.33 bits per heavy atom. The van der Waals surface area contributed by atoms with E-state index in [1.165, 1.54) is 13.8 Å². The second-order valence-corrected chi connectivity index (χ2v) is 29.0. The van der Waals surface area contributed by atoms with Crippen LogP contribution in [0.1, 0.15) is 112 Å². The number of aliphatic hydroxyl groups excluding tert-OH is 6. The zero-order chi connectivity index (χ0) is 59.1. The van der Waals surface area contributed by atoms with Gasteiger partial charge in [0.05, 0.1) is 49.9 Å². The van der Waals surface area contributed by atoms with Gasteiger partial charge in [0, 0.05) is 30.7 Å². The number of carbonyl (C=O) groups is 3. The highest BCUT2D eigenvalue weighted by Gasteiger charge is 2.66. The predicted octanol–water partition coefficient (Wildman–Crippen LogP) is 2.04. The standard InChI is InChI=1S/C48H80N7O21P3S/c1-24(28-8-9-29-36-30(19-34(59)48(28,29)6)47(5)13-11-27(56)17-26(47)18-32(36)58)7-10-31(57)25(2)45(64)80-16-15-50-35(60)12-14-51-43(63)40(62)46(3,4)21-73-79(70,71)76-78(68,69)72-20-33-39(75-77(65,66)67)38(61)44(74-33)55-23-54-37-41(49)52-22-53-42(37)55/h22-34,36,38-40,44,56-59,61-62H,7-21H2,1-6H3,(H,50,60)(H,51,63)(H,68,69)(H,70,71)(H2,49,52,53)(H2,65,66,67)/t24?,25?,26-,27+,28?,29?,30?,31?,32+,33+,34-,36?,38+,39+,40?,44+,47?,48?/m0/s1. The molecule has 32 heteroatoms. The summed E-state index contributed by atoms with van der Waals surface area (Å²) in [5, 5.41) is 71.6. The number of nitrogens with one attached hydrogen (secondary N) is 2. The number of hydrogen-bond donors (Lipinski definition) is 13. The predicted molar refractivity (Wildman–Crippen MR) is 285 cm³/mol. The highest BCUT2D eigenvalue weighted by molar-refractivity contribution is 8.13. The number of rotatable bonds is 25. The van der Waals surface area contributed by atoms with Crippen LogP contribution in [0.3, 0.4) is 0 Å². The van der Waals surface area contributed by atoms with Crippen molar-refractivity contribution in [2.24, 2.45) is 57.7 Å². The van der Waals surface area contributed by atoms with E-state index in [2.05, 4.69) is 55.2 Å². The highest BCUT2D eigenvalue weighted by Crippen LogP contribution is 2.69. The van der Waals surface area contributed by atoms with Gasteiger partial charge in [0.1, 0.15) is 36.3 Å². The molecule has 2 aromatic heterocycles. The maximum absolute atomic E-state index is 13.1. The summed E-state index contributed by atoms with van der Waals surface area (Å²) in [6, 6.07) is 0. The summed E-state index contributed by atoms with van der Waals surface area (Å²) >= 11 is 0.968. The molecule has 0 spiro atoms. The molecule has 1 aliphatic heterocycles. The Kier molecular flexibility index (Phi) is 20.7. The molecule has 14 N–H and O–H groups in total. The van der Waals surface area contributed by atoms with Crippen LogP contribution in [0.4, 0.5) is 5.82 Å². The van der Waals surface area contributed by atoms with Gasteiger partial charge in [0.15, 0.2) is 22.8 Å². The van der Waals surface area contributed by atoms with Crippen molar-refractivity contribution in [2.45, 2.75) is 161 Å². The molecule has 20 atom stereocenters. The third kappa shape index (κ3) is 14.5. The molecule has 28 nitrogen and oxygen atoms in total. The molecule has 2 aromatic rings. The first kappa shape index (κ1) is 65.0. The van der Waals surface area contributed by atoms with E-state index >= 15 is 0 Å². The lowest BCUT2D eigenvalue weighted by molar-refractivity contribution is -0.207. The van der Waals surface area contributed by atoms with Crippen molar-refractivity contribution in [3.63, 3.8) is 0 Å². The molecular formula is C48H80N7O21P3S. The SMILES string of the molecule is CC(CCC(O)C(C)C(=O)SCCNC(=O)CCNC(=O)C(O)C(C)(C)COP(=O)(O)OP(=O)(O)OC[C@H]1O[C@@H](n2cnc3c(N)ncnc32)[C@H](O)[C@@H]1OP(=O)(O)O)C1CCC2C3C(C[C@H](O)C12C)C1(C)CC[C@@H](O)C[C@H]1C[C@H]3O. The number of aliphatic hydroxyl groups is 6. The quantitative estimate of drug-likeness (QED) is 0.0500. The lowest BCUT2D eigenvalue weighted by atomic mass is 9.43. The van der Waals surface area contributed by atoms with Crippen LogP contribution in [-0.4, -0.2) is 168 Å². The van der Waals surface area contributed by atoms with Crippen molar-refractivity contribution in [3.8, 4) is 0 Å². The number of hydrogen-bond acceptors (Lipinski definition) is 22.